The molecule has 0 spiro atoms. The number of nitrogens with two attached hydrogens (primary N) is 1. The lowest BCUT2D eigenvalue weighted by Crippen LogP contribution is -2.31. The summed E-state index contributed by atoms with van der Waals surface area (Å²) in [5.74, 6) is 5.76. The molecule has 108 valence electrons. The normalized spacial score (nSPS) is 12.9. The predicted molar refractivity (Wildman–Crippen MR) is 83.0 cm³/mol. The van der Waals surface area contributed by atoms with Crippen LogP contribution >= 0.6 is 23.2 Å². The summed E-state index contributed by atoms with van der Waals surface area (Å²) in [6.07, 6.45) is 1.65. The van der Waals surface area contributed by atoms with Crippen molar-refractivity contribution < 1.29 is 0 Å². The molecule has 2 rings (SSSR count). The highest BCUT2D eigenvalue weighted by Crippen LogP contribution is 2.32. The number of nitrogens with zero attached hydrogens (tertiary/aromatic N) is 2. The van der Waals surface area contributed by atoms with Gasteiger partial charge in [0.05, 0.1) is 23.0 Å². The third kappa shape index (κ3) is 2.83. The third-order valence-electron chi connectivity index (χ3n) is 3.26. The highest BCUT2D eigenvalue weighted by Gasteiger charge is 2.23. The van der Waals surface area contributed by atoms with Crippen molar-refractivity contribution in [3.05, 3.63) is 51.3 Å². The highest BCUT2D eigenvalue weighted by atomic mass is 35.5. The third-order valence-corrected chi connectivity index (χ3v) is 3.79. The van der Waals surface area contributed by atoms with Crippen molar-refractivity contribution in [2.75, 3.05) is 0 Å². The number of hydrazine groups is 1. The van der Waals surface area contributed by atoms with Gasteiger partial charge in [-0.05, 0) is 44.0 Å². The van der Waals surface area contributed by atoms with Crippen molar-refractivity contribution in [3.63, 3.8) is 0 Å². The van der Waals surface area contributed by atoms with Crippen molar-refractivity contribution in [2.24, 2.45) is 5.84 Å². The molecule has 4 nitrogen and oxygen atoms in total. The molecule has 2 aromatic rings. The number of rotatable bonds is 4. The van der Waals surface area contributed by atoms with Crippen LogP contribution in [0.5, 0.6) is 0 Å². The van der Waals surface area contributed by atoms with Gasteiger partial charge < -0.3 is 0 Å². The fourth-order valence-electron chi connectivity index (χ4n) is 2.31. The molecule has 0 bridgehead atoms. The summed E-state index contributed by atoms with van der Waals surface area (Å²) in [5, 5.41) is 5.61. The minimum atomic E-state index is -0.232. The highest BCUT2D eigenvalue weighted by molar-refractivity contribution is 6.31. The van der Waals surface area contributed by atoms with Crippen LogP contribution in [0.4, 0.5) is 0 Å². The van der Waals surface area contributed by atoms with Gasteiger partial charge in [0.25, 0.3) is 0 Å². The van der Waals surface area contributed by atoms with E-state index in [2.05, 4.69) is 24.4 Å². The van der Waals surface area contributed by atoms with Crippen LogP contribution in [0.2, 0.25) is 10.0 Å². The van der Waals surface area contributed by atoms with Gasteiger partial charge in [0.15, 0.2) is 0 Å². The maximum atomic E-state index is 6.29. The molecule has 1 atom stereocenters. The van der Waals surface area contributed by atoms with Crippen LogP contribution in [-0.4, -0.2) is 9.78 Å². The van der Waals surface area contributed by atoms with Crippen molar-refractivity contribution in [1.29, 1.82) is 0 Å². The van der Waals surface area contributed by atoms with Gasteiger partial charge in [-0.1, -0.05) is 29.3 Å². The van der Waals surface area contributed by atoms with Crippen molar-refractivity contribution in [1.82, 2.24) is 15.2 Å². The average molecular weight is 313 g/mol. The molecule has 1 heterocycles. The Morgan fingerprint density at radius 1 is 1.30 bits per heavy atom. The number of aryl methyl sites for hydroxylation is 1. The number of aromatic nitrogens is 2. The number of hydrogen-bond donors (Lipinski definition) is 2. The molecule has 6 heteroatoms. The Bertz CT molecular complexity index is 607. The molecule has 0 amide bonds. The zero-order valence-electron chi connectivity index (χ0n) is 11.7. The molecule has 0 fully saturated rings. The fraction of sp³-hybridized carbons (Fsp3) is 0.357. The molecule has 0 aliphatic heterocycles. The molecule has 20 heavy (non-hydrogen) atoms. The Labute approximate surface area is 128 Å². The molecule has 0 aliphatic rings. The Morgan fingerprint density at radius 2 is 2.00 bits per heavy atom. The summed E-state index contributed by atoms with van der Waals surface area (Å²) in [5.41, 5.74) is 5.76. The van der Waals surface area contributed by atoms with Gasteiger partial charge in [0, 0.05) is 11.1 Å². The number of hydrogen-bond acceptors (Lipinski definition) is 3. The maximum absolute atomic E-state index is 6.29. The quantitative estimate of drug-likeness (QED) is 0.669. The second-order valence-corrected chi connectivity index (χ2v) is 5.86. The van der Waals surface area contributed by atoms with Crippen molar-refractivity contribution in [2.45, 2.75) is 32.9 Å². The summed E-state index contributed by atoms with van der Waals surface area (Å²) in [7, 11) is 0. The first kappa shape index (κ1) is 15.3. The number of benzene rings is 1. The van der Waals surface area contributed by atoms with Crippen LogP contribution in [0.3, 0.4) is 0 Å². The maximum Gasteiger partial charge on any atom is 0.0896 e. The van der Waals surface area contributed by atoms with Gasteiger partial charge in [-0.15, -0.1) is 0 Å². The second-order valence-electron chi connectivity index (χ2n) is 5.02. The molecule has 0 saturated carbocycles. The minimum absolute atomic E-state index is 0.195. The van der Waals surface area contributed by atoms with E-state index in [1.165, 1.54) is 0 Å². The molecule has 0 radical (unpaired) electrons. The van der Waals surface area contributed by atoms with E-state index in [0.29, 0.717) is 10.0 Å². The Morgan fingerprint density at radius 3 is 2.55 bits per heavy atom. The van der Waals surface area contributed by atoms with Gasteiger partial charge in [0.1, 0.15) is 0 Å². The van der Waals surface area contributed by atoms with Crippen LogP contribution in [0.25, 0.3) is 0 Å². The Balaban J connectivity index is 2.55. The SMILES string of the molecule is Cc1cc(Cl)ccc1C(NN)c1c(Cl)cnn1C(C)C. The van der Waals surface area contributed by atoms with E-state index in [4.69, 9.17) is 29.0 Å². The summed E-state index contributed by atoms with van der Waals surface area (Å²) in [6.45, 7) is 6.10. The standard InChI is InChI=1S/C14H18Cl2N4/c1-8(2)20-14(12(16)7-18-20)13(19-17)11-5-4-10(15)6-9(11)3/h4-8,13,19H,17H2,1-3H3. The predicted octanol–water partition coefficient (Wildman–Crippen LogP) is 3.63. The van der Waals surface area contributed by atoms with Crippen molar-refractivity contribution in [3.8, 4) is 0 Å². The first-order chi connectivity index (χ1) is 9.45. The van der Waals surface area contributed by atoms with E-state index in [1.807, 2.05) is 29.8 Å². The van der Waals surface area contributed by atoms with E-state index in [9.17, 15) is 0 Å². The fourth-order valence-corrected chi connectivity index (χ4v) is 2.78. The Hall–Kier alpha value is -1.07. The molecular weight excluding hydrogens is 295 g/mol. The van der Waals surface area contributed by atoms with Gasteiger partial charge in [-0.3, -0.25) is 10.5 Å². The van der Waals surface area contributed by atoms with Gasteiger partial charge in [-0.2, -0.15) is 5.10 Å². The number of halogens is 2. The van der Waals surface area contributed by atoms with E-state index >= 15 is 0 Å². The zero-order chi connectivity index (χ0) is 14.9. The first-order valence-electron chi connectivity index (χ1n) is 6.40. The van der Waals surface area contributed by atoms with Crippen LogP contribution in [0, 0.1) is 6.92 Å². The van der Waals surface area contributed by atoms with Gasteiger partial charge in [0.2, 0.25) is 0 Å². The van der Waals surface area contributed by atoms with Crippen LogP contribution in [0.15, 0.2) is 24.4 Å². The monoisotopic (exact) mass is 312 g/mol. The number of nitrogens with one attached hydrogen (secondary N) is 1. The summed E-state index contributed by atoms with van der Waals surface area (Å²) >= 11 is 12.3. The molecule has 1 unspecified atom stereocenters. The van der Waals surface area contributed by atoms with Crippen LogP contribution < -0.4 is 11.3 Å². The topological polar surface area (TPSA) is 55.9 Å². The molecule has 1 aromatic heterocycles. The average Bonchev–Trinajstić information content (AvgIpc) is 2.75. The first-order valence-corrected chi connectivity index (χ1v) is 7.16. The summed E-state index contributed by atoms with van der Waals surface area (Å²) in [6, 6.07) is 5.67. The molecular formula is C14H18Cl2N4. The van der Waals surface area contributed by atoms with E-state index in [-0.39, 0.29) is 12.1 Å². The minimum Gasteiger partial charge on any atom is -0.271 e. The van der Waals surface area contributed by atoms with E-state index in [0.717, 1.165) is 16.8 Å². The van der Waals surface area contributed by atoms with Gasteiger partial charge >= 0.3 is 0 Å². The van der Waals surface area contributed by atoms with Crippen molar-refractivity contribution >= 4 is 23.2 Å². The van der Waals surface area contributed by atoms with E-state index in [1.54, 1.807) is 6.20 Å². The lowest BCUT2D eigenvalue weighted by Gasteiger charge is -2.22. The van der Waals surface area contributed by atoms with Gasteiger partial charge in [-0.25, -0.2) is 5.43 Å². The van der Waals surface area contributed by atoms with Crippen LogP contribution in [-0.2, 0) is 0 Å². The zero-order valence-corrected chi connectivity index (χ0v) is 13.2. The molecule has 1 aromatic carbocycles. The smallest absolute Gasteiger partial charge is 0.0896 e. The van der Waals surface area contributed by atoms with E-state index < -0.39 is 0 Å². The summed E-state index contributed by atoms with van der Waals surface area (Å²) < 4.78 is 1.88. The second kappa shape index (κ2) is 6.14. The van der Waals surface area contributed by atoms with Crippen LogP contribution in [0.1, 0.15) is 42.8 Å². The lowest BCUT2D eigenvalue weighted by molar-refractivity contribution is 0.476. The molecule has 3 N–H and O–H groups in total. The largest absolute Gasteiger partial charge is 0.271 e. The molecule has 0 saturated heterocycles. The summed E-state index contributed by atoms with van der Waals surface area (Å²) in [4.78, 5) is 0. The lowest BCUT2D eigenvalue weighted by atomic mass is 9.99. The Kier molecular flexibility index (Phi) is 4.70. The molecule has 0 aliphatic carbocycles.